The van der Waals surface area contributed by atoms with Gasteiger partial charge < -0.3 is 15.0 Å². The Kier molecular flexibility index (Phi) is 9.57. The van der Waals surface area contributed by atoms with Gasteiger partial charge in [0.2, 0.25) is 5.91 Å². The molecule has 2 amide bonds. The fourth-order valence-corrected chi connectivity index (χ4v) is 3.32. The molecule has 0 aromatic heterocycles. The van der Waals surface area contributed by atoms with Crippen LogP contribution in [0.15, 0.2) is 54.6 Å². The number of amides is 2. The number of hydrogen-bond donors (Lipinski definition) is 1. The van der Waals surface area contributed by atoms with Gasteiger partial charge in [-0.2, -0.15) is 0 Å². The smallest absolute Gasteiger partial charge is 0.261 e. The zero-order valence-electron chi connectivity index (χ0n) is 19.4. The number of hydrogen-bond acceptors (Lipinski definition) is 3. The van der Waals surface area contributed by atoms with E-state index in [0.717, 1.165) is 12.0 Å². The van der Waals surface area contributed by atoms with Gasteiger partial charge in [-0.1, -0.05) is 70.2 Å². The second kappa shape index (κ2) is 12.1. The second-order valence-corrected chi connectivity index (χ2v) is 8.26. The van der Waals surface area contributed by atoms with E-state index >= 15 is 0 Å². The maximum atomic E-state index is 13.2. The van der Waals surface area contributed by atoms with Gasteiger partial charge in [-0.05, 0) is 48.9 Å². The molecule has 0 saturated heterocycles. The largest absolute Gasteiger partial charge is 0.484 e. The number of carbonyl (C=O) groups is 2. The zero-order valence-corrected chi connectivity index (χ0v) is 19.4. The minimum absolute atomic E-state index is 0.0611. The summed E-state index contributed by atoms with van der Waals surface area (Å²) in [5.41, 5.74) is 2.20. The highest BCUT2D eigenvalue weighted by atomic mass is 16.5. The van der Waals surface area contributed by atoms with Crippen LogP contribution in [0, 0.1) is 0 Å². The highest BCUT2D eigenvalue weighted by Crippen LogP contribution is 2.19. The van der Waals surface area contributed by atoms with Crippen LogP contribution in [0.2, 0.25) is 0 Å². The first-order chi connectivity index (χ1) is 14.8. The van der Waals surface area contributed by atoms with Gasteiger partial charge in [0.25, 0.3) is 5.91 Å². The molecule has 0 radical (unpaired) electrons. The highest BCUT2D eigenvalue weighted by Gasteiger charge is 2.29. The van der Waals surface area contributed by atoms with E-state index in [-0.39, 0.29) is 24.5 Å². The summed E-state index contributed by atoms with van der Waals surface area (Å²) in [5, 5.41) is 3.02. The van der Waals surface area contributed by atoms with E-state index in [1.807, 2.05) is 75.4 Å². The average molecular weight is 425 g/mol. The normalized spacial score (nSPS) is 12.8. The van der Waals surface area contributed by atoms with E-state index in [1.165, 1.54) is 5.56 Å². The van der Waals surface area contributed by atoms with Crippen LogP contribution in [-0.4, -0.2) is 35.4 Å². The van der Waals surface area contributed by atoms with E-state index in [2.05, 4.69) is 19.2 Å². The SMILES string of the molecule is CC[C@@H](C)NC(=O)[C@@H](CC)N(Cc1ccccc1)C(=O)COc1ccc(C(C)C)cc1. The van der Waals surface area contributed by atoms with Crippen molar-refractivity contribution in [3.05, 3.63) is 65.7 Å². The molecular formula is C26H36N2O3. The number of benzene rings is 2. The van der Waals surface area contributed by atoms with E-state index in [9.17, 15) is 9.59 Å². The highest BCUT2D eigenvalue weighted by molar-refractivity contribution is 5.88. The molecule has 0 aliphatic heterocycles. The van der Waals surface area contributed by atoms with Crippen molar-refractivity contribution in [2.75, 3.05) is 6.61 Å². The van der Waals surface area contributed by atoms with Gasteiger partial charge in [-0.3, -0.25) is 9.59 Å². The van der Waals surface area contributed by atoms with E-state index < -0.39 is 6.04 Å². The molecule has 2 aromatic rings. The Labute approximate surface area is 186 Å². The van der Waals surface area contributed by atoms with Crippen LogP contribution in [0.3, 0.4) is 0 Å². The van der Waals surface area contributed by atoms with Crippen molar-refractivity contribution in [2.24, 2.45) is 0 Å². The number of nitrogens with zero attached hydrogens (tertiary/aromatic N) is 1. The van der Waals surface area contributed by atoms with Crippen LogP contribution >= 0.6 is 0 Å². The molecule has 0 fully saturated rings. The van der Waals surface area contributed by atoms with Crippen LogP contribution in [0.5, 0.6) is 5.75 Å². The molecule has 0 unspecified atom stereocenters. The molecule has 0 spiro atoms. The molecule has 31 heavy (non-hydrogen) atoms. The van der Waals surface area contributed by atoms with Crippen molar-refractivity contribution in [1.82, 2.24) is 10.2 Å². The molecule has 0 saturated carbocycles. The van der Waals surface area contributed by atoms with Crippen molar-refractivity contribution in [3.8, 4) is 5.75 Å². The third kappa shape index (κ3) is 7.42. The number of ether oxygens (including phenoxy) is 1. The Hall–Kier alpha value is -2.82. The predicted octanol–water partition coefficient (Wildman–Crippen LogP) is 4.91. The molecule has 1 N–H and O–H groups in total. The lowest BCUT2D eigenvalue weighted by atomic mass is 10.0. The molecule has 2 atom stereocenters. The van der Waals surface area contributed by atoms with Crippen molar-refractivity contribution in [2.45, 2.75) is 72.0 Å². The van der Waals surface area contributed by atoms with Crippen molar-refractivity contribution >= 4 is 11.8 Å². The third-order valence-electron chi connectivity index (χ3n) is 5.49. The van der Waals surface area contributed by atoms with Crippen LogP contribution in [-0.2, 0) is 16.1 Å². The van der Waals surface area contributed by atoms with Crippen molar-refractivity contribution in [1.29, 1.82) is 0 Å². The average Bonchev–Trinajstić information content (AvgIpc) is 2.78. The monoisotopic (exact) mass is 424 g/mol. The third-order valence-corrected chi connectivity index (χ3v) is 5.49. The van der Waals surface area contributed by atoms with Gasteiger partial charge in [-0.25, -0.2) is 0 Å². The Morgan fingerprint density at radius 2 is 1.58 bits per heavy atom. The quantitative estimate of drug-likeness (QED) is 0.557. The number of nitrogens with one attached hydrogen (secondary N) is 1. The molecule has 2 aromatic carbocycles. The number of carbonyl (C=O) groups excluding carboxylic acids is 2. The van der Waals surface area contributed by atoms with Gasteiger partial charge in [0.05, 0.1) is 0 Å². The summed E-state index contributed by atoms with van der Waals surface area (Å²) in [6.45, 7) is 10.4. The Morgan fingerprint density at radius 1 is 0.935 bits per heavy atom. The molecule has 2 rings (SSSR count). The molecule has 0 bridgehead atoms. The van der Waals surface area contributed by atoms with Gasteiger partial charge in [0.15, 0.2) is 6.61 Å². The lowest BCUT2D eigenvalue weighted by molar-refractivity contribution is -0.143. The molecule has 5 heteroatoms. The summed E-state index contributed by atoms with van der Waals surface area (Å²) in [4.78, 5) is 27.7. The summed E-state index contributed by atoms with van der Waals surface area (Å²) in [5.74, 6) is 0.756. The summed E-state index contributed by atoms with van der Waals surface area (Å²) < 4.78 is 5.77. The first-order valence-corrected chi connectivity index (χ1v) is 11.2. The summed E-state index contributed by atoms with van der Waals surface area (Å²) >= 11 is 0. The van der Waals surface area contributed by atoms with Crippen LogP contribution in [0.4, 0.5) is 0 Å². The zero-order chi connectivity index (χ0) is 22.8. The topological polar surface area (TPSA) is 58.6 Å². The maximum Gasteiger partial charge on any atom is 0.261 e. The Morgan fingerprint density at radius 3 is 2.13 bits per heavy atom. The summed E-state index contributed by atoms with van der Waals surface area (Å²) in [6, 6.07) is 17.0. The molecule has 168 valence electrons. The Balaban J connectivity index is 2.15. The molecule has 5 nitrogen and oxygen atoms in total. The maximum absolute atomic E-state index is 13.2. The second-order valence-electron chi connectivity index (χ2n) is 8.26. The number of rotatable bonds is 11. The summed E-state index contributed by atoms with van der Waals surface area (Å²) in [6.07, 6.45) is 1.37. The first-order valence-electron chi connectivity index (χ1n) is 11.2. The Bertz CT molecular complexity index is 818. The molecule has 0 aliphatic rings. The molecular weight excluding hydrogens is 388 g/mol. The van der Waals surface area contributed by atoms with Gasteiger partial charge >= 0.3 is 0 Å². The van der Waals surface area contributed by atoms with Gasteiger partial charge in [0, 0.05) is 12.6 Å². The van der Waals surface area contributed by atoms with E-state index in [0.29, 0.717) is 24.6 Å². The predicted molar refractivity (Wildman–Crippen MR) is 125 cm³/mol. The van der Waals surface area contributed by atoms with Crippen LogP contribution < -0.4 is 10.1 Å². The standard InChI is InChI=1S/C26H36N2O3/c1-6-20(5)27-26(30)24(7-2)28(17-21-11-9-8-10-12-21)25(29)18-31-23-15-13-22(14-16-23)19(3)4/h8-16,19-20,24H,6-7,17-18H2,1-5H3,(H,27,30)/t20-,24-/m1/s1. The van der Waals surface area contributed by atoms with Crippen molar-refractivity contribution in [3.63, 3.8) is 0 Å². The van der Waals surface area contributed by atoms with E-state index in [4.69, 9.17) is 4.74 Å². The minimum Gasteiger partial charge on any atom is -0.484 e. The van der Waals surface area contributed by atoms with Crippen LogP contribution in [0.1, 0.15) is 64.5 Å². The molecule has 0 heterocycles. The first kappa shape index (κ1) is 24.4. The summed E-state index contributed by atoms with van der Waals surface area (Å²) in [7, 11) is 0. The lowest BCUT2D eigenvalue weighted by Gasteiger charge is -2.31. The van der Waals surface area contributed by atoms with Gasteiger partial charge in [0.1, 0.15) is 11.8 Å². The fraction of sp³-hybridized carbons (Fsp3) is 0.462. The minimum atomic E-state index is -0.548. The molecule has 0 aliphatic carbocycles. The van der Waals surface area contributed by atoms with Crippen LogP contribution in [0.25, 0.3) is 0 Å². The van der Waals surface area contributed by atoms with E-state index in [1.54, 1.807) is 4.90 Å². The fourth-order valence-electron chi connectivity index (χ4n) is 3.32. The van der Waals surface area contributed by atoms with Gasteiger partial charge in [-0.15, -0.1) is 0 Å². The van der Waals surface area contributed by atoms with Crippen molar-refractivity contribution < 1.29 is 14.3 Å². The lowest BCUT2D eigenvalue weighted by Crippen LogP contribution is -2.51.